The fourth-order valence-electron chi connectivity index (χ4n) is 2.25. The molecule has 0 radical (unpaired) electrons. The van der Waals surface area contributed by atoms with Crippen LogP contribution in [0.1, 0.15) is 12.7 Å². The summed E-state index contributed by atoms with van der Waals surface area (Å²) in [5, 5.41) is 5.43. The molecular formula is C17H18N6O2. The van der Waals surface area contributed by atoms with Gasteiger partial charge in [0.05, 0.1) is 6.61 Å². The molecule has 0 aliphatic heterocycles. The minimum atomic E-state index is -0.392. The summed E-state index contributed by atoms with van der Waals surface area (Å²) >= 11 is 0. The van der Waals surface area contributed by atoms with Crippen LogP contribution >= 0.6 is 0 Å². The maximum Gasteiger partial charge on any atom is 0.324 e. The number of ether oxygens (including phenoxy) is 1. The van der Waals surface area contributed by atoms with Crippen molar-refractivity contribution in [1.29, 1.82) is 0 Å². The Labute approximate surface area is 144 Å². The third-order valence-corrected chi connectivity index (χ3v) is 3.39. The quantitative estimate of drug-likeness (QED) is 0.746. The second-order valence-electron chi connectivity index (χ2n) is 5.14. The van der Waals surface area contributed by atoms with Gasteiger partial charge < -0.3 is 10.1 Å². The van der Waals surface area contributed by atoms with Crippen LogP contribution in [0.2, 0.25) is 0 Å². The maximum atomic E-state index is 12.1. The number of carbonyl (C=O) groups excluding carboxylic acids is 1. The average molecular weight is 338 g/mol. The molecule has 25 heavy (non-hydrogen) atoms. The Morgan fingerprint density at radius 1 is 1.16 bits per heavy atom. The average Bonchev–Trinajstić information content (AvgIpc) is 3.03. The Kier molecular flexibility index (Phi) is 4.89. The van der Waals surface area contributed by atoms with Crippen LogP contribution in [0.5, 0.6) is 5.75 Å². The smallest absolute Gasteiger partial charge is 0.324 e. The van der Waals surface area contributed by atoms with Crippen LogP contribution < -0.4 is 15.4 Å². The molecule has 2 amide bonds. The van der Waals surface area contributed by atoms with Crippen molar-refractivity contribution in [3.05, 3.63) is 54.9 Å². The van der Waals surface area contributed by atoms with Gasteiger partial charge in [-0.2, -0.15) is 0 Å². The summed E-state index contributed by atoms with van der Waals surface area (Å²) in [5.41, 5.74) is 0.653. The van der Waals surface area contributed by atoms with Crippen molar-refractivity contribution in [2.45, 2.75) is 13.8 Å². The van der Waals surface area contributed by atoms with Gasteiger partial charge in [-0.05, 0) is 38.1 Å². The highest BCUT2D eigenvalue weighted by atomic mass is 16.5. The summed E-state index contributed by atoms with van der Waals surface area (Å²) in [6.45, 7) is 4.38. The van der Waals surface area contributed by atoms with Crippen LogP contribution in [-0.4, -0.2) is 32.2 Å². The van der Waals surface area contributed by atoms with E-state index in [2.05, 4.69) is 25.6 Å². The van der Waals surface area contributed by atoms with Crippen molar-refractivity contribution < 1.29 is 9.53 Å². The lowest BCUT2D eigenvalue weighted by atomic mass is 10.3. The normalized spacial score (nSPS) is 10.3. The summed E-state index contributed by atoms with van der Waals surface area (Å²) in [4.78, 5) is 24.5. The lowest BCUT2D eigenvalue weighted by Gasteiger charge is -2.09. The predicted octanol–water partition coefficient (Wildman–Crippen LogP) is 3.01. The number of anilines is 2. The maximum absolute atomic E-state index is 12.1. The molecule has 2 N–H and O–H groups in total. The second-order valence-corrected chi connectivity index (χ2v) is 5.14. The van der Waals surface area contributed by atoms with Gasteiger partial charge in [0.2, 0.25) is 0 Å². The number of urea groups is 1. The summed E-state index contributed by atoms with van der Waals surface area (Å²) in [5.74, 6) is 2.57. The number of hydrogen-bond acceptors (Lipinski definition) is 5. The SMILES string of the molecule is CCOc1ccc(NC(=O)Nc2cc(-n3ccnc3C)ncn2)cc1. The largest absolute Gasteiger partial charge is 0.494 e. The minimum Gasteiger partial charge on any atom is -0.494 e. The van der Waals surface area contributed by atoms with Crippen LogP contribution in [0.4, 0.5) is 16.3 Å². The summed E-state index contributed by atoms with van der Waals surface area (Å²) in [6, 6.07) is 8.41. The van der Waals surface area contributed by atoms with Crippen molar-refractivity contribution in [2.24, 2.45) is 0 Å². The molecule has 128 valence electrons. The Hall–Kier alpha value is -3.42. The Bertz CT molecular complexity index is 860. The Balaban J connectivity index is 1.66. The highest BCUT2D eigenvalue weighted by molar-refractivity contribution is 5.99. The molecule has 0 unspecified atom stereocenters. The van der Waals surface area contributed by atoms with Gasteiger partial charge >= 0.3 is 6.03 Å². The molecule has 0 bridgehead atoms. The molecule has 8 nitrogen and oxygen atoms in total. The van der Waals surface area contributed by atoms with E-state index in [1.54, 1.807) is 47.3 Å². The topological polar surface area (TPSA) is 94.0 Å². The number of carbonyl (C=O) groups is 1. The van der Waals surface area contributed by atoms with Gasteiger partial charge in [0.15, 0.2) is 0 Å². The van der Waals surface area contributed by atoms with Gasteiger partial charge in [-0.25, -0.2) is 19.7 Å². The van der Waals surface area contributed by atoms with E-state index in [0.29, 0.717) is 23.9 Å². The Morgan fingerprint density at radius 3 is 2.64 bits per heavy atom. The molecule has 0 spiro atoms. The molecule has 2 heterocycles. The fraction of sp³-hybridized carbons (Fsp3) is 0.176. The van der Waals surface area contributed by atoms with Crippen LogP contribution in [0.3, 0.4) is 0 Å². The highest BCUT2D eigenvalue weighted by Crippen LogP contribution is 2.16. The molecule has 0 aliphatic rings. The summed E-state index contributed by atoms with van der Waals surface area (Å²) in [7, 11) is 0. The first kappa shape index (κ1) is 16.4. The van der Waals surface area contributed by atoms with Crippen LogP contribution in [0.25, 0.3) is 5.82 Å². The third-order valence-electron chi connectivity index (χ3n) is 3.39. The molecular weight excluding hydrogens is 320 g/mol. The predicted molar refractivity (Wildman–Crippen MR) is 94.1 cm³/mol. The molecule has 1 aromatic carbocycles. The van der Waals surface area contributed by atoms with Crippen molar-refractivity contribution in [3.8, 4) is 11.6 Å². The monoisotopic (exact) mass is 338 g/mol. The number of aromatic nitrogens is 4. The number of hydrogen-bond donors (Lipinski definition) is 2. The van der Waals surface area contributed by atoms with E-state index < -0.39 is 6.03 Å². The Morgan fingerprint density at radius 2 is 1.96 bits per heavy atom. The van der Waals surface area contributed by atoms with Crippen LogP contribution in [0, 0.1) is 6.92 Å². The molecule has 3 aromatic rings. The van der Waals surface area contributed by atoms with E-state index in [0.717, 1.165) is 11.6 Å². The number of amides is 2. The van der Waals surface area contributed by atoms with Crippen molar-refractivity contribution in [3.63, 3.8) is 0 Å². The molecule has 2 aromatic heterocycles. The van der Waals surface area contributed by atoms with Crippen LogP contribution in [0.15, 0.2) is 49.1 Å². The first-order valence-corrected chi connectivity index (χ1v) is 7.79. The molecule has 0 atom stereocenters. The number of rotatable bonds is 5. The minimum absolute atomic E-state index is 0.390. The zero-order chi connectivity index (χ0) is 17.6. The first-order valence-electron chi connectivity index (χ1n) is 7.79. The molecule has 0 saturated heterocycles. The first-order chi connectivity index (χ1) is 12.2. The van der Waals surface area contributed by atoms with Gasteiger partial charge in [-0.1, -0.05) is 0 Å². The van der Waals surface area contributed by atoms with E-state index in [4.69, 9.17) is 4.74 Å². The van der Waals surface area contributed by atoms with Gasteiger partial charge in [0, 0.05) is 24.1 Å². The number of benzene rings is 1. The van der Waals surface area contributed by atoms with Crippen molar-refractivity contribution >= 4 is 17.5 Å². The van der Waals surface area contributed by atoms with E-state index in [1.165, 1.54) is 6.33 Å². The number of aryl methyl sites for hydroxylation is 1. The van der Waals surface area contributed by atoms with Crippen LogP contribution in [-0.2, 0) is 0 Å². The van der Waals surface area contributed by atoms with E-state index in [9.17, 15) is 4.79 Å². The molecule has 3 rings (SSSR count). The van der Waals surface area contributed by atoms with E-state index >= 15 is 0 Å². The molecule has 0 saturated carbocycles. The number of imidazole rings is 1. The second kappa shape index (κ2) is 7.43. The third kappa shape index (κ3) is 4.11. The summed E-state index contributed by atoms with van der Waals surface area (Å²) < 4.78 is 7.17. The van der Waals surface area contributed by atoms with Gasteiger partial charge in [0.25, 0.3) is 0 Å². The van der Waals surface area contributed by atoms with Gasteiger partial charge in [-0.3, -0.25) is 9.88 Å². The lowest BCUT2D eigenvalue weighted by molar-refractivity contribution is 0.262. The van der Waals surface area contributed by atoms with E-state index in [-0.39, 0.29) is 0 Å². The number of nitrogens with zero attached hydrogens (tertiary/aromatic N) is 4. The molecule has 0 fully saturated rings. The van der Waals surface area contributed by atoms with Crippen molar-refractivity contribution in [1.82, 2.24) is 19.5 Å². The molecule has 8 heteroatoms. The summed E-state index contributed by atoms with van der Waals surface area (Å²) in [6.07, 6.45) is 4.87. The van der Waals surface area contributed by atoms with E-state index in [1.807, 2.05) is 13.8 Å². The fourth-order valence-corrected chi connectivity index (χ4v) is 2.25. The van der Waals surface area contributed by atoms with Crippen molar-refractivity contribution in [2.75, 3.05) is 17.2 Å². The zero-order valence-corrected chi connectivity index (χ0v) is 13.9. The molecule has 0 aliphatic carbocycles. The van der Waals surface area contributed by atoms with Gasteiger partial charge in [0.1, 0.15) is 29.5 Å². The number of nitrogens with one attached hydrogen (secondary N) is 2. The highest BCUT2D eigenvalue weighted by Gasteiger charge is 2.07. The van der Waals surface area contributed by atoms with Gasteiger partial charge in [-0.15, -0.1) is 0 Å². The standard InChI is InChI=1S/C17H18N6O2/c1-3-25-14-6-4-13(5-7-14)21-17(24)22-15-10-16(20-11-19-15)23-9-8-18-12(23)2/h4-11H,3H2,1-2H3,(H2,19,20,21,22,24). The lowest BCUT2D eigenvalue weighted by Crippen LogP contribution is -2.20. The zero-order valence-electron chi connectivity index (χ0n) is 13.9.